The smallest absolute Gasteiger partial charge is 0.245 e. The van der Waals surface area contributed by atoms with Crippen LogP contribution >= 0.6 is 24.8 Å². The minimum Gasteiger partial charge on any atom is -0.379 e. The van der Waals surface area contributed by atoms with Crippen LogP contribution in [0.25, 0.3) is 10.9 Å². The second kappa shape index (κ2) is 11.3. The van der Waals surface area contributed by atoms with E-state index in [2.05, 4.69) is 33.1 Å². The number of aromatic nitrogens is 1. The van der Waals surface area contributed by atoms with Crippen molar-refractivity contribution in [3.8, 4) is 0 Å². The molecule has 6 nitrogen and oxygen atoms in total. The fourth-order valence-electron chi connectivity index (χ4n) is 3.58. The predicted molar refractivity (Wildman–Crippen MR) is 126 cm³/mol. The van der Waals surface area contributed by atoms with E-state index in [0.29, 0.717) is 0 Å². The zero-order valence-electron chi connectivity index (χ0n) is 16.7. The number of carbonyl (C=O) groups is 1. The minimum absolute atomic E-state index is 0. The molecule has 0 bridgehead atoms. The molecule has 1 unspecified atom stereocenters. The fourth-order valence-corrected chi connectivity index (χ4v) is 3.58. The van der Waals surface area contributed by atoms with E-state index < -0.39 is 6.04 Å². The Morgan fingerprint density at radius 1 is 1.03 bits per heavy atom. The van der Waals surface area contributed by atoms with Gasteiger partial charge in [-0.3, -0.25) is 9.69 Å². The van der Waals surface area contributed by atoms with Gasteiger partial charge in [0.25, 0.3) is 0 Å². The molecule has 162 valence electrons. The fraction of sp³-hybridized carbons (Fsp3) is 0.318. The molecule has 4 rings (SSSR count). The average molecular weight is 451 g/mol. The second-order valence-electron chi connectivity index (χ2n) is 7.11. The first-order valence-corrected chi connectivity index (χ1v) is 9.71. The van der Waals surface area contributed by atoms with Crippen LogP contribution in [0.5, 0.6) is 0 Å². The molecule has 1 aliphatic heterocycles. The molecule has 0 spiro atoms. The third-order valence-corrected chi connectivity index (χ3v) is 5.24. The quantitative estimate of drug-likeness (QED) is 0.602. The summed E-state index contributed by atoms with van der Waals surface area (Å²) in [5.41, 5.74) is 8.81. The Labute approximate surface area is 189 Å². The normalized spacial score (nSPS) is 15.1. The lowest BCUT2D eigenvalue weighted by atomic mass is 10.1. The van der Waals surface area contributed by atoms with Gasteiger partial charge in [-0.25, -0.2) is 0 Å². The molecule has 1 aromatic heterocycles. The van der Waals surface area contributed by atoms with Crippen LogP contribution < -0.4 is 11.1 Å². The van der Waals surface area contributed by atoms with Gasteiger partial charge in [-0.2, -0.15) is 0 Å². The molecule has 3 N–H and O–H groups in total. The minimum atomic E-state index is -0.685. The third-order valence-electron chi connectivity index (χ3n) is 5.24. The lowest BCUT2D eigenvalue weighted by Gasteiger charge is -2.26. The lowest BCUT2D eigenvalue weighted by molar-refractivity contribution is -0.117. The van der Waals surface area contributed by atoms with Crippen molar-refractivity contribution in [1.29, 1.82) is 0 Å². The number of anilines is 1. The summed E-state index contributed by atoms with van der Waals surface area (Å²) in [7, 11) is 0. The molecule has 1 amide bonds. The summed E-state index contributed by atoms with van der Waals surface area (Å²) in [5, 5.41) is 4.03. The van der Waals surface area contributed by atoms with E-state index in [1.165, 1.54) is 5.52 Å². The molecule has 1 saturated heterocycles. The van der Waals surface area contributed by atoms with Crippen LogP contribution in [0.4, 0.5) is 5.69 Å². The first kappa shape index (κ1) is 24.2. The molecule has 8 heteroatoms. The Morgan fingerprint density at radius 2 is 1.77 bits per heavy atom. The molecular formula is C22H28Cl2N4O2. The molecule has 0 radical (unpaired) electrons. The first-order chi connectivity index (χ1) is 13.7. The highest BCUT2D eigenvalue weighted by molar-refractivity contribution is 5.97. The van der Waals surface area contributed by atoms with E-state index in [9.17, 15) is 4.79 Å². The van der Waals surface area contributed by atoms with Crippen LogP contribution in [-0.2, 0) is 16.1 Å². The summed E-state index contributed by atoms with van der Waals surface area (Å²) in [6.07, 6.45) is 2.10. The summed E-state index contributed by atoms with van der Waals surface area (Å²) in [4.78, 5) is 14.9. The van der Waals surface area contributed by atoms with Crippen LogP contribution in [0.2, 0.25) is 0 Å². The standard InChI is InChI=1S/C22H26N4O2.2ClH/c23-21(17-4-2-1-3-5-17)22(27)24-19-6-7-20-18(16-19)8-9-26(20)11-10-25-12-14-28-15-13-25;;/h1-9,16,21H,10-15,23H2,(H,24,27);2*1H. The number of nitrogens with one attached hydrogen (secondary N) is 1. The summed E-state index contributed by atoms with van der Waals surface area (Å²) in [5.74, 6) is -0.211. The van der Waals surface area contributed by atoms with E-state index >= 15 is 0 Å². The molecule has 1 atom stereocenters. The molecule has 2 aromatic carbocycles. The van der Waals surface area contributed by atoms with Crippen LogP contribution in [-0.4, -0.2) is 48.2 Å². The monoisotopic (exact) mass is 450 g/mol. The van der Waals surface area contributed by atoms with Gasteiger partial charge in [0.15, 0.2) is 0 Å². The van der Waals surface area contributed by atoms with Crippen molar-refractivity contribution >= 4 is 47.3 Å². The number of nitrogens with zero attached hydrogens (tertiary/aromatic N) is 2. The number of benzene rings is 2. The molecule has 0 saturated carbocycles. The predicted octanol–water partition coefficient (Wildman–Crippen LogP) is 3.46. The second-order valence-corrected chi connectivity index (χ2v) is 7.11. The van der Waals surface area contributed by atoms with Crippen molar-refractivity contribution in [1.82, 2.24) is 9.47 Å². The summed E-state index contributed by atoms with van der Waals surface area (Å²) < 4.78 is 7.66. The molecule has 1 fully saturated rings. The molecule has 3 aromatic rings. The van der Waals surface area contributed by atoms with Crippen LogP contribution in [0.15, 0.2) is 60.8 Å². The van der Waals surface area contributed by atoms with Gasteiger partial charge in [-0.1, -0.05) is 30.3 Å². The molecule has 1 aliphatic rings. The Kier molecular flexibility index (Phi) is 9.14. The number of fused-ring (bicyclic) bond motifs is 1. The zero-order valence-corrected chi connectivity index (χ0v) is 18.3. The van der Waals surface area contributed by atoms with Crippen molar-refractivity contribution in [2.75, 3.05) is 38.2 Å². The number of morpholine rings is 1. The maximum Gasteiger partial charge on any atom is 0.245 e. The lowest BCUT2D eigenvalue weighted by Crippen LogP contribution is -2.38. The Morgan fingerprint density at radius 3 is 2.50 bits per heavy atom. The zero-order chi connectivity index (χ0) is 19.3. The number of halogens is 2. The van der Waals surface area contributed by atoms with Crippen LogP contribution in [0.3, 0.4) is 0 Å². The highest BCUT2D eigenvalue weighted by atomic mass is 35.5. The number of carbonyl (C=O) groups excluding carboxylic acids is 1. The van der Waals surface area contributed by atoms with Crippen LogP contribution in [0, 0.1) is 0 Å². The van der Waals surface area contributed by atoms with Gasteiger partial charge in [0.05, 0.1) is 13.2 Å². The SMILES string of the molecule is Cl.Cl.NC(C(=O)Nc1ccc2c(ccn2CCN2CCOCC2)c1)c1ccccc1. The maximum atomic E-state index is 12.5. The highest BCUT2D eigenvalue weighted by Gasteiger charge is 2.16. The summed E-state index contributed by atoms with van der Waals surface area (Å²) in [6.45, 7) is 5.58. The topological polar surface area (TPSA) is 72.5 Å². The maximum absolute atomic E-state index is 12.5. The highest BCUT2D eigenvalue weighted by Crippen LogP contribution is 2.22. The van der Waals surface area contributed by atoms with Crippen LogP contribution in [0.1, 0.15) is 11.6 Å². The number of hydrogen-bond acceptors (Lipinski definition) is 4. The van der Waals surface area contributed by atoms with Crippen molar-refractivity contribution < 1.29 is 9.53 Å². The van der Waals surface area contributed by atoms with E-state index in [4.69, 9.17) is 10.5 Å². The molecule has 30 heavy (non-hydrogen) atoms. The Bertz CT molecular complexity index is 943. The Hall–Kier alpha value is -2.09. The number of hydrogen-bond donors (Lipinski definition) is 2. The van der Waals surface area contributed by atoms with Crippen molar-refractivity contribution in [3.63, 3.8) is 0 Å². The van der Waals surface area contributed by atoms with E-state index in [1.54, 1.807) is 0 Å². The van der Waals surface area contributed by atoms with Gasteiger partial charge in [-0.05, 0) is 29.8 Å². The largest absolute Gasteiger partial charge is 0.379 e. The van der Waals surface area contributed by atoms with Gasteiger partial charge in [0.1, 0.15) is 6.04 Å². The number of rotatable bonds is 6. The molecular weight excluding hydrogens is 423 g/mol. The van der Waals surface area contributed by atoms with Gasteiger partial charge < -0.3 is 20.4 Å². The van der Waals surface area contributed by atoms with Gasteiger partial charge in [-0.15, -0.1) is 24.8 Å². The van der Waals surface area contributed by atoms with Gasteiger partial charge >= 0.3 is 0 Å². The van der Waals surface area contributed by atoms with Crippen molar-refractivity contribution in [3.05, 3.63) is 66.4 Å². The number of amides is 1. The molecule has 0 aliphatic carbocycles. The first-order valence-electron chi connectivity index (χ1n) is 9.71. The molecule has 2 heterocycles. The van der Waals surface area contributed by atoms with Gasteiger partial charge in [0, 0.05) is 49.0 Å². The van der Waals surface area contributed by atoms with E-state index in [1.807, 2.05) is 42.5 Å². The summed E-state index contributed by atoms with van der Waals surface area (Å²) >= 11 is 0. The van der Waals surface area contributed by atoms with E-state index in [-0.39, 0.29) is 30.7 Å². The number of ether oxygens (including phenoxy) is 1. The van der Waals surface area contributed by atoms with Gasteiger partial charge in [0.2, 0.25) is 5.91 Å². The third kappa shape index (κ3) is 5.74. The van der Waals surface area contributed by atoms with Crippen molar-refractivity contribution in [2.24, 2.45) is 5.73 Å². The Balaban J connectivity index is 0.00000160. The summed E-state index contributed by atoms with van der Waals surface area (Å²) in [6, 6.07) is 16.8. The van der Waals surface area contributed by atoms with Crippen molar-refractivity contribution in [2.45, 2.75) is 12.6 Å². The number of nitrogens with two attached hydrogens (primary N) is 1. The van der Waals surface area contributed by atoms with E-state index in [0.717, 1.165) is 56.0 Å². The average Bonchev–Trinajstić information content (AvgIpc) is 3.15.